The Balaban J connectivity index is 2.09. The lowest BCUT2D eigenvalue weighted by atomic mass is 9.87. The fraction of sp³-hybridized carbons (Fsp3) is 0.786. The molecule has 2 N–H and O–H groups in total. The molecule has 0 bridgehead atoms. The van der Waals surface area contributed by atoms with E-state index in [0.717, 1.165) is 18.1 Å². The smallest absolute Gasteiger partial charge is 0.0897 e. The average Bonchev–Trinajstić information content (AvgIpc) is 2.83. The molecule has 18 heavy (non-hydrogen) atoms. The van der Waals surface area contributed by atoms with Crippen molar-refractivity contribution in [2.24, 2.45) is 11.1 Å². The Hall–Kier alpha value is -0.450. The Bertz CT molecular complexity index is 413. The predicted molar refractivity (Wildman–Crippen MR) is 77.7 cm³/mol. The van der Waals surface area contributed by atoms with Crippen LogP contribution in [0.3, 0.4) is 0 Å². The van der Waals surface area contributed by atoms with Gasteiger partial charge in [-0.1, -0.05) is 13.8 Å². The number of nitrogens with zero attached hydrogens (tertiary/aromatic N) is 2. The van der Waals surface area contributed by atoms with E-state index in [4.69, 9.17) is 5.73 Å². The van der Waals surface area contributed by atoms with Crippen LogP contribution >= 0.6 is 11.3 Å². The third kappa shape index (κ3) is 2.76. The molecule has 1 unspecified atom stereocenters. The molecule has 0 radical (unpaired) electrons. The highest BCUT2D eigenvalue weighted by Crippen LogP contribution is 2.46. The molecule has 1 fully saturated rings. The fourth-order valence-corrected chi connectivity index (χ4v) is 3.79. The molecular formula is C14H25N3S. The highest BCUT2D eigenvalue weighted by atomic mass is 32.1. The maximum Gasteiger partial charge on any atom is 0.0897 e. The predicted octanol–water partition coefficient (Wildman–Crippen LogP) is 2.79. The minimum Gasteiger partial charge on any atom is -0.329 e. The molecule has 0 amide bonds. The Kier molecular flexibility index (Phi) is 3.81. The topological polar surface area (TPSA) is 42.2 Å². The molecule has 1 aliphatic carbocycles. The molecule has 4 heteroatoms. The number of thiazole rings is 1. The first-order chi connectivity index (χ1) is 8.37. The second-order valence-electron chi connectivity index (χ2n) is 6.48. The molecular weight excluding hydrogens is 242 g/mol. The summed E-state index contributed by atoms with van der Waals surface area (Å²) in [6, 6.07) is 0. The van der Waals surface area contributed by atoms with Crippen LogP contribution in [0.1, 0.15) is 43.8 Å². The SMILES string of the molecule is Cc1nc(CN(C)C2(CN)CCC(C)(C)C2)cs1. The van der Waals surface area contributed by atoms with Gasteiger partial charge in [-0.05, 0) is 38.6 Å². The summed E-state index contributed by atoms with van der Waals surface area (Å²) in [4.78, 5) is 6.99. The van der Waals surface area contributed by atoms with Crippen molar-refractivity contribution < 1.29 is 0 Å². The van der Waals surface area contributed by atoms with Gasteiger partial charge in [0.05, 0.1) is 10.7 Å². The van der Waals surface area contributed by atoms with Gasteiger partial charge in [-0.3, -0.25) is 4.90 Å². The highest BCUT2D eigenvalue weighted by molar-refractivity contribution is 7.09. The van der Waals surface area contributed by atoms with Crippen molar-refractivity contribution in [1.82, 2.24) is 9.88 Å². The Morgan fingerprint density at radius 1 is 1.44 bits per heavy atom. The Labute approximate surface area is 114 Å². The summed E-state index contributed by atoms with van der Waals surface area (Å²) in [5, 5.41) is 3.31. The van der Waals surface area contributed by atoms with Crippen molar-refractivity contribution in [3.05, 3.63) is 16.1 Å². The third-order valence-electron chi connectivity index (χ3n) is 4.33. The zero-order valence-corrected chi connectivity index (χ0v) is 12.8. The Morgan fingerprint density at radius 2 is 2.17 bits per heavy atom. The van der Waals surface area contributed by atoms with Crippen molar-refractivity contribution in [2.75, 3.05) is 13.6 Å². The van der Waals surface area contributed by atoms with Crippen LogP contribution in [-0.4, -0.2) is 29.0 Å². The van der Waals surface area contributed by atoms with Gasteiger partial charge in [0.25, 0.3) is 0 Å². The summed E-state index contributed by atoms with van der Waals surface area (Å²) in [6.07, 6.45) is 3.66. The molecule has 1 atom stereocenters. The minimum atomic E-state index is 0.168. The first-order valence-corrected chi connectivity index (χ1v) is 7.57. The van der Waals surface area contributed by atoms with E-state index in [-0.39, 0.29) is 5.54 Å². The molecule has 0 aromatic carbocycles. The maximum atomic E-state index is 6.09. The van der Waals surface area contributed by atoms with Crippen molar-refractivity contribution in [3.63, 3.8) is 0 Å². The van der Waals surface area contributed by atoms with Crippen molar-refractivity contribution in [2.45, 2.75) is 52.1 Å². The molecule has 1 aliphatic rings. The summed E-state index contributed by atoms with van der Waals surface area (Å²) in [5.74, 6) is 0. The molecule has 0 saturated heterocycles. The van der Waals surface area contributed by atoms with Gasteiger partial charge < -0.3 is 5.73 Å². The van der Waals surface area contributed by atoms with Crippen molar-refractivity contribution >= 4 is 11.3 Å². The Morgan fingerprint density at radius 3 is 2.61 bits per heavy atom. The molecule has 1 saturated carbocycles. The van der Waals surface area contributed by atoms with Crippen LogP contribution in [0.2, 0.25) is 0 Å². The summed E-state index contributed by atoms with van der Waals surface area (Å²) in [5.41, 5.74) is 7.86. The lowest BCUT2D eigenvalue weighted by Crippen LogP contribution is -2.50. The van der Waals surface area contributed by atoms with E-state index in [1.807, 2.05) is 0 Å². The van der Waals surface area contributed by atoms with Crippen LogP contribution < -0.4 is 5.73 Å². The van der Waals surface area contributed by atoms with Gasteiger partial charge in [0.1, 0.15) is 0 Å². The van der Waals surface area contributed by atoms with Crippen molar-refractivity contribution in [3.8, 4) is 0 Å². The number of likely N-dealkylation sites (N-methyl/N-ethyl adjacent to an activating group) is 1. The van der Waals surface area contributed by atoms with Gasteiger partial charge in [0.15, 0.2) is 0 Å². The monoisotopic (exact) mass is 267 g/mol. The number of nitrogens with two attached hydrogens (primary N) is 1. The number of aromatic nitrogens is 1. The summed E-state index contributed by atoms with van der Waals surface area (Å²) < 4.78 is 0. The fourth-order valence-electron chi connectivity index (χ4n) is 3.19. The molecule has 102 valence electrons. The zero-order chi connectivity index (χ0) is 13.4. The highest BCUT2D eigenvalue weighted by Gasteiger charge is 2.44. The van der Waals surface area contributed by atoms with E-state index in [2.05, 4.69) is 43.1 Å². The van der Waals surface area contributed by atoms with Gasteiger partial charge in [0, 0.05) is 24.0 Å². The van der Waals surface area contributed by atoms with Crippen LogP contribution in [0.5, 0.6) is 0 Å². The standard InChI is InChI=1S/C14H25N3S/c1-11-16-12(8-18-11)7-17(4)14(10-15)6-5-13(2,3)9-14/h8H,5-7,9-10,15H2,1-4H3. The van der Waals surface area contributed by atoms with Gasteiger partial charge in [-0.25, -0.2) is 4.98 Å². The van der Waals surface area contributed by atoms with Crippen LogP contribution in [0.15, 0.2) is 5.38 Å². The van der Waals surface area contributed by atoms with E-state index in [1.54, 1.807) is 11.3 Å². The number of aryl methyl sites for hydroxylation is 1. The molecule has 3 nitrogen and oxygen atoms in total. The third-order valence-corrected chi connectivity index (χ3v) is 5.15. The van der Waals surface area contributed by atoms with E-state index in [1.165, 1.54) is 25.0 Å². The molecule has 1 aromatic rings. The molecule has 2 rings (SSSR count). The second-order valence-corrected chi connectivity index (χ2v) is 7.55. The van der Waals surface area contributed by atoms with E-state index in [9.17, 15) is 0 Å². The molecule has 0 aliphatic heterocycles. The van der Waals surface area contributed by atoms with Gasteiger partial charge >= 0.3 is 0 Å². The van der Waals surface area contributed by atoms with Gasteiger partial charge in [-0.2, -0.15) is 0 Å². The number of hydrogen-bond acceptors (Lipinski definition) is 4. The second kappa shape index (κ2) is 4.91. The van der Waals surface area contributed by atoms with Crippen LogP contribution in [0.25, 0.3) is 0 Å². The zero-order valence-electron chi connectivity index (χ0n) is 12.0. The lowest BCUT2D eigenvalue weighted by Gasteiger charge is -2.39. The van der Waals surface area contributed by atoms with E-state index in [0.29, 0.717) is 5.41 Å². The van der Waals surface area contributed by atoms with E-state index >= 15 is 0 Å². The van der Waals surface area contributed by atoms with Crippen LogP contribution in [0.4, 0.5) is 0 Å². The molecule has 0 spiro atoms. The maximum absolute atomic E-state index is 6.09. The van der Waals surface area contributed by atoms with Gasteiger partial charge in [-0.15, -0.1) is 11.3 Å². The normalized spacial score (nSPS) is 27.0. The van der Waals surface area contributed by atoms with Crippen molar-refractivity contribution in [1.29, 1.82) is 0 Å². The largest absolute Gasteiger partial charge is 0.329 e. The molecule has 1 heterocycles. The average molecular weight is 267 g/mol. The lowest BCUT2D eigenvalue weighted by molar-refractivity contribution is 0.110. The summed E-state index contributed by atoms with van der Waals surface area (Å²) in [6.45, 7) is 8.43. The first kappa shape index (κ1) is 14.0. The minimum absolute atomic E-state index is 0.168. The summed E-state index contributed by atoms with van der Waals surface area (Å²) in [7, 11) is 2.20. The van der Waals surface area contributed by atoms with E-state index < -0.39 is 0 Å². The first-order valence-electron chi connectivity index (χ1n) is 6.69. The van der Waals surface area contributed by atoms with Crippen LogP contribution in [-0.2, 0) is 6.54 Å². The number of rotatable bonds is 4. The quantitative estimate of drug-likeness (QED) is 0.912. The van der Waals surface area contributed by atoms with Gasteiger partial charge in [0.2, 0.25) is 0 Å². The number of hydrogen-bond donors (Lipinski definition) is 1. The summed E-state index contributed by atoms with van der Waals surface area (Å²) >= 11 is 1.73. The van der Waals surface area contributed by atoms with Crippen LogP contribution in [0, 0.1) is 12.3 Å². The molecule has 1 aromatic heterocycles.